The van der Waals surface area contributed by atoms with Crippen LogP contribution >= 0.6 is 0 Å². The third-order valence-corrected chi connectivity index (χ3v) is 2.46. The zero-order chi connectivity index (χ0) is 10.8. The number of ether oxygens (including phenoxy) is 1. The van der Waals surface area contributed by atoms with E-state index in [0.29, 0.717) is 5.56 Å². The number of pyridine rings is 1. The smallest absolute Gasteiger partial charge is 0.119 e. The Hall–Kier alpha value is -2.08. The van der Waals surface area contributed by atoms with Crippen molar-refractivity contribution in [2.75, 3.05) is 7.11 Å². The Labute approximate surface area is 87.9 Å². The lowest BCUT2D eigenvalue weighted by Crippen LogP contribution is -1.90. The van der Waals surface area contributed by atoms with Gasteiger partial charge in [0.1, 0.15) is 11.8 Å². The first kappa shape index (κ1) is 9.47. The Kier molecular flexibility index (Phi) is 2.26. The summed E-state index contributed by atoms with van der Waals surface area (Å²) >= 11 is 0. The second-order valence-electron chi connectivity index (χ2n) is 3.29. The maximum atomic E-state index is 8.88. The molecule has 0 radical (unpaired) electrons. The second kappa shape index (κ2) is 3.58. The molecule has 15 heavy (non-hydrogen) atoms. The van der Waals surface area contributed by atoms with E-state index in [1.165, 1.54) is 0 Å². The van der Waals surface area contributed by atoms with E-state index in [4.69, 9.17) is 10.00 Å². The summed E-state index contributed by atoms with van der Waals surface area (Å²) < 4.78 is 5.14. The number of rotatable bonds is 1. The first-order valence-corrected chi connectivity index (χ1v) is 4.59. The molecule has 2 rings (SSSR count). The van der Waals surface area contributed by atoms with Crippen LogP contribution < -0.4 is 4.74 Å². The van der Waals surface area contributed by atoms with Crippen LogP contribution in [0.3, 0.4) is 0 Å². The molecule has 0 unspecified atom stereocenters. The molecule has 2 aromatic rings. The Morgan fingerprint density at radius 1 is 1.40 bits per heavy atom. The molecule has 0 saturated heterocycles. The van der Waals surface area contributed by atoms with E-state index in [2.05, 4.69) is 11.1 Å². The summed E-state index contributed by atoms with van der Waals surface area (Å²) in [7, 11) is 1.62. The maximum absolute atomic E-state index is 8.88. The first-order valence-electron chi connectivity index (χ1n) is 4.59. The van der Waals surface area contributed by atoms with E-state index in [9.17, 15) is 0 Å². The number of nitriles is 1. The Balaban J connectivity index is 2.79. The number of hydrogen-bond acceptors (Lipinski definition) is 3. The lowest BCUT2D eigenvalue weighted by molar-refractivity contribution is 0.415. The van der Waals surface area contributed by atoms with Gasteiger partial charge in [0.2, 0.25) is 0 Å². The summed E-state index contributed by atoms with van der Waals surface area (Å²) in [5, 5.41) is 9.85. The predicted octanol–water partition coefficient (Wildman–Crippen LogP) is 2.42. The predicted molar refractivity (Wildman–Crippen MR) is 57.7 cm³/mol. The lowest BCUT2D eigenvalue weighted by atomic mass is 10.1. The van der Waals surface area contributed by atoms with Gasteiger partial charge in [-0.25, -0.2) is 0 Å². The van der Waals surface area contributed by atoms with Gasteiger partial charge in [0, 0.05) is 11.6 Å². The summed E-state index contributed by atoms with van der Waals surface area (Å²) in [6.45, 7) is 1.92. The molecule has 0 spiro atoms. The van der Waals surface area contributed by atoms with E-state index in [1.807, 2.05) is 25.1 Å². The van der Waals surface area contributed by atoms with Gasteiger partial charge in [0.05, 0.1) is 18.2 Å². The van der Waals surface area contributed by atoms with Gasteiger partial charge in [-0.1, -0.05) is 0 Å². The molecule has 0 saturated carbocycles. The average Bonchev–Trinajstić information content (AvgIpc) is 2.29. The van der Waals surface area contributed by atoms with Crippen molar-refractivity contribution in [2.45, 2.75) is 6.92 Å². The Morgan fingerprint density at radius 2 is 2.20 bits per heavy atom. The molecule has 0 bridgehead atoms. The Morgan fingerprint density at radius 3 is 2.87 bits per heavy atom. The van der Waals surface area contributed by atoms with Crippen LogP contribution in [0.4, 0.5) is 0 Å². The van der Waals surface area contributed by atoms with Crippen molar-refractivity contribution in [2.24, 2.45) is 0 Å². The standard InChI is InChI=1S/C12H10N2O/c1-8-9(6-13)7-14-12-4-3-10(15-2)5-11(8)12/h3-5,7H,1-2H3. The molecule has 0 fully saturated rings. The van der Waals surface area contributed by atoms with Crippen molar-refractivity contribution >= 4 is 10.9 Å². The summed E-state index contributed by atoms with van der Waals surface area (Å²) in [5.74, 6) is 0.780. The largest absolute Gasteiger partial charge is 0.497 e. The van der Waals surface area contributed by atoms with Gasteiger partial charge in [-0.15, -0.1) is 0 Å². The third-order valence-electron chi connectivity index (χ3n) is 2.46. The average molecular weight is 198 g/mol. The molecular weight excluding hydrogens is 188 g/mol. The number of methoxy groups -OCH3 is 1. The van der Waals surface area contributed by atoms with Crippen molar-refractivity contribution in [3.63, 3.8) is 0 Å². The number of aromatic nitrogens is 1. The number of benzene rings is 1. The second-order valence-corrected chi connectivity index (χ2v) is 3.29. The first-order chi connectivity index (χ1) is 7.26. The van der Waals surface area contributed by atoms with Crippen molar-refractivity contribution in [3.8, 4) is 11.8 Å². The maximum Gasteiger partial charge on any atom is 0.119 e. The van der Waals surface area contributed by atoms with E-state index < -0.39 is 0 Å². The van der Waals surface area contributed by atoms with Crippen LogP contribution in [0.25, 0.3) is 10.9 Å². The molecule has 74 valence electrons. The van der Waals surface area contributed by atoms with E-state index >= 15 is 0 Å². The van der Waals surface area contributed by atoms with Crippen LogP contribution in [-0.4, -0.2) is 12.1 Å². The number of fused-ring (bicyclic) bond motifs is 1. The summed E-state index contributed by atoms with van der Waals surface area (Å²) in [6.07, 6.45) is 1.60. The van der Waals surface area contributed by atoms with Crippen LogP contribution in [0.1, 0.15) is 11.1 Å². The lowest BCUT2D eigenvalue weighted by Gasteiger charge is -2.05. The molecule has 0 aliphatic rings. The van der Waals surface area contributed by atoms with Gasteiger partial charge in [0.15, 0.2) is 0 Å². The van der Waals surface area contributed by atoms with E-state index in [0.717, 1.165) is 22.2 Å². The molecule has 0 aliphatic carbocycles. The van der Waals surface area contributed by atoms with E-state index in [1.54, 1.807) is 13.3 Å². The monoisotopic (exact) mass is 198 g/mol. The highest BCUT2D eigenvalue weighted by Crippen LogP contribution is 2.23. The minimum atomic E-state index is 0.607. The zero-order valence-electron chi connectivity index (χ0n) is 8.61. The molecule has 0 aliphatic heterocycles. The highest BCUT2D eigenvalue weighted by atomic mass is 16.5. The SMILES string of the molecule is COc1ccc2ncc(C#N)c(C)c2c1. The highest BCUT2D eigenvalue weighted by Gasteiger charge is 2.05. The van der Waals surface area contributed by atoms with Gasteiger partial charge >= 0.3 is 0 Å². The Bertz CT molecular complexity index is 555. The molecule has 0 N–H and O–H groups in total. The highest BCUT2D eigenvalue weighted by molar-refractivity contribution is 5.84. The van der Waals surface area contributed by atoms with Crippen LogP contribution in [0.15, 0.2) is 24.4 Å². The molecule has 0 atom stereocenters. The summed E-state index contributed by atoms with van der Waals surface area (Å²) in [4.78, 5) is 4.21. The minimum absolute atomic E-state index is 0.607. The van der Waals surface area contributed by atoms with Gasteiger partial charge in [0.25, 0.3) is 0 Å². The van der Waals surface area contributed by atoms with E-state index in [-0.39, 0.29) is 0 Å². The fourth-order valence-electron chi connectivity index (χ4n) is 1.54. The summed E-state index contributed by atoms with van der Waals surface area (Å²) in [5.41, 5.74) is 2.43. The quantitative estimate of drug-likeness (QED) is 0.706. The van der Waals surface area contributed by atoms with Crippen molar-refractivity contribution in [3.05, 3.63) is 35.5 Å². The van der Waals surface area contributed by atoms with Crippen molar-refractivity contribution in [1.29, 1.82) is 5.26 Å². The fourth-order valence-corrected chi connectivity index (χ4v) is 1.54. The number of aryl methyl sites for hydroxylation is 1. The minimum Gasteiger partial charge on any atom is -0.497 e. The topological polar surface area (TPSA) is 45.9 Å². The zero-order valence-corrected chi connectivity index (χ0v) is 8.61. The van der Waals surface area contributed by atoms with Crippen LogP contribution in [0.2, 0.25) is 0 Å². The van der Waals surface area contributed by atoms with Gasteiger partial charge < -0.3 is 4.74 Å². The number of hydrogen-bond donors (Lipinski definition) is 0. The molecule has 1 aromatic heterocycles. The molecule has 1 aromatic carbocycles. The van der Waals surface area contributed by atoms with Crippen LogP contribution in [0, 0.1) is 18.3 Å². The molecule has 3 nitrogen and oxygen atoms in total. The normalized spacial score (nSPS) is 9.93. The van der Waals surface area contributed by atoms with Crippen molar-refractivity contribution < 1.29 is 4.74 Å². The van der Waals surface area contributed by atoms with Gasteiger partial charge in [-0.3, -0.25) is 4.98 Å². The molecular formula is C12H10N2O. The molecule has 0 amide bonds. The van der Waals surface area contributed by atoms with Crippen molar-refractivity contribution in [1.82, 2.24) is 4.98 Å². The molecule has 3 heteroatoms. The van der Waals surface area contributed by atoms with Crippen LogP contribution in [0.5, 0.6) is 5.75 Å². The van der Waals surface area contributed by atoms with Gasteiger partial charge in [-0.05, 0) is 30.7 Å². The van der Waals surface area contributed by atoms with Gasteiger partial charge in [-0.2, -0.15) is 5.26 Å². The fraction of sp³-hybridized carbons (Fsp3) is 0.167. The summed E-state index contributed by atoms with van der Waals surface area (Å²) in [6, 6.07) is 7.78. The third kappa shape index (κ3) is 1.50. The molecule has 1 heterocycles. The van der Waals surface area contributed by atoms with Crippen LogP contribution in [-0.2, 0) is 0 Å². The number of nitrogens with zero attached hydrogens (tertiary/aromatic N) is 2.